The van der Waals surface area contributed by atoms with E-state index in [9.17, 15) is 5.11 Å². The van der Waals surface area contributed by atoms with Gasteiger partial charge < -0.3 is 16.2 Å². The summed E-state index contributed by atoms with van der Waals surface area (Å²) in [6.45, 7) is 1.62. The molecule has 0 aliphatic carbocycles. The van der Waals surface area contributed by atoms with E-state index in [1.165, 1.54) is 0 Å². The molecule has 0 fully saturated rings. The Bertz CT molecular complexity index is 513. The molecule has 0 saturated heterocycles. The first kappa shape index (κ1) is 12.6. The Morgan fingerprint density at radius 3 is 2.94 bits per heavy atom. The molecule has 0 aliphatic heterocycles. The summed E-state index contributed by atoms with van der Waals surface area (Å²) in [5.74, 6) is 0.264. The largest absolute Gasteiger partial charge is 0.508 e. The highest BCUT2D eigenvalue weighted by atomic mass is 16.3. The van der Waals surface area contributed by atoms with Gasteiger partial charge in [-0.1, -0.05) is 12.5 Å². The third-order valence-corrected chi connectivity index (χ3v) is 2.89. The standard InChI is InChI=1S/C14H19N3O/c15-6-2-1-3-7-16-13-10-12(18)9-11-5-4-8-17-14(11)13/h4-5,8-10,16,18H,1-3,6-7,15H2. The molecule has 0 bridgehead atoms. The summed E-state index contributed by atoms with van der Waals surface area (Å²) in [5.41, 5.74) is 7.24. The highest BCUT2D eigenvalue weighted by Crippen LogP contribution is 2.26. The minimum atomic E-state index is 0.264. The lowest BCUT2D eigenvalue weighted by Crippen LogP contribution is -2.04. The van der Waals surface area contributed by atoms with Crippen LogP contribution in [0.15, 0.2) is 30.5 Å². The Balaban J connectivity index is 2.07. The molecular formula is C14H19N3O. The van der Waals surface area contributed by atoms with Gasteiger partial charge in [0.15, 0.2) is 0 Å². The van der Waals surface area contributed by atoms with Gasteiger partial charge in [0, 0.05) is 24.2 Å². The van der Waals surface area contributed by atoms with Gasteiger partial charge in [0.2, 0.25) is 0 Å². The van der Waals surface area contributed by atoms with Crippen molar-refractivity contribution in [2.45, 2.75) is 19.3 Å². The zero-order valence-corrected chi connectivity index (χ0v) is 10.4. The van der Waals surface area contributed by atoms with Crippen molar-refractivity contribution in [2.75, 3.05) is 18.4 Å². The first-order valence-electron chi connectivity index (χ1n) is 6.33. The molecule has 1 heterocycles. The molecule has 4 nitrogen and oxygen atoms in total. The van der Waals surface area contributed by atoms with Crippen molar-refractivity contribution in [3.8, 4) is 5.75 Å². The number of unbranched alkanes of at least 4 members (excludes halogenated alkanes) is 2. The van der Waals surface area contributed by atoms with Crippen LogP contribution in [-0.4, -0.2) is 23.2 Å². The highest BCUT2D eigenvalue weighted by Gasteiger charge is 2.03. The van der Waals surface area contributed by atoms with Crippen molar-refractivity contribution in [2.24, 2.45) is 5.73 Å². The number of nitrogens with two attached hydrogens (primary N) is 1. The van der Waals surface area contributed by atoms with Crippen molar-refractivity contribution in [1.82, 2.24) is 4.98 Å². The van der Waals surface area contributed by atoms with Gasteiger partial charge in [-0.25, -0.2) is 0 Å². The molecule has 4 heteroatoms. The third-order valence-electron chi connectivity index (χ3n) is 2.89. The smallest absolute Gasteiger partial charge is 0.118 e. The van der Waals surface area contributed by atoms with E-state index in [4.69, 9.17) is 5.73 Å². The second-order valence-electron chi connectivity index (χ2n) is 4.34. The van der Waals surface area contributed by atoms with E-state index in [0.717, 1.165) is 48.9 Å². The summed E-state index contributed by atoms with van der Waals surface area (Å²) in [6, 6.07) is 7.26. The Morgan fingerprint density at radius 2 is 2.11 bits per heavy atom. The van der Waals surface area contributed by atoms with Gasteiger partial charge in [-0.2, -0.15) is 0 Å². The summed E-state index contributed by atoms with van der Waals surface area (Å²) < 4.78 is 0. The van der Waals surface area contributed by atoms with Crippen molar-refractivity contribution in [3.63, 3.8) is 0 Å². The molecule has 96 valence electrons. The molecule has 0 spiro atoms. The lowest BCUT2D eigenvalue weighted by atomic mass is 10.1. The number of rotatable bonds is 6. The molecule has 0 aliphatic rings. The SMILES string of the molecule is NCCCCCNc1cc(O)cc2cccnc12. The summed E-state index contributed by atoms with van der Waals surface area (Å²) in [6.07, 6.45) is 5.01. The molecule has 1 aromatic carbocycles. The Kier molecular flexibility index (Phi) is 4.36. The maximum atomic E-state index is 9.67. The Hall–Kier alpha value is -1.81. The number of hydrogen-bond acceptors (Lipinski definition) is 4. The third kappa shape index (κ3) is 3.11. The van der Waals surface area contributed by atoms with Crippen LogP contribution in [0.5, 0.6) is 5.75 Å². The topological polar surface area (TPSA) is 71.2 Å². The number of hydrogen-bond donors (Lipinski definition) is 3. The van der Waals surface area contributed by atoms with Crippen LogP contribution in [0, 0.1) is 0 Å². The lowest BCUT2D eigenvalue weighted by molar-refractivity contribution is 0.476. The van der Waals surface area contributed by atoms with E-state index < -0.39 is 0 Å². The summed E-state index contributed by atoms with van der Waals surface area (Å²) >= 11 is 0. The van der Waals surface area contributed by atoms with E-state index in [-0.39, 0.29) is 5.75 Å². The van der Waals surface area contributed by atoms with Crippen LogP contribution in [0.4, 0.5) is 5.69 Å². The lowest BCUT2D eigenvalue weighted by Gasteiger charge is -2.09. The number of benzene rings is 1. The molecule has 18 heavy (non-hydrogen) atoms. The van der Waals surface area contributed by atoms with Crippen LogP contribution >= 0.6 is 0 Å². The van der Waals surface area contributed by atoms with Gasteiger partial charge >= 0.3 is 0 Å². The van der Waals surface area contributed by atoms with Gasteiger partial charge in [0.1, 0.15) is 5.75 Å². The zero-order valence-electron chi connectivity index (χ0n) is 10.4. The normalized spacial score (nSPS) is 10.7. The molecule has 2 aromatic rings. The first-order chi connectivity index (χ1) is 8.81. The van der Waals surface area contributed by atoms with Crippen LogP contribution in [0.1, 0.15) is 19.3 Å². The quantitative estimate of drug-likeness (QED) is 0.684. The molecule has 0 amide bonds. The van der Waals surface area contributed by atoms with Gasteiger partial charge in [0.05, 0.1) is 11.2 Å². The van der Waals surface area contributed by atoms with Gasteiger partial charge in [0.25, 0.3) is 0 Å². The van der Waals surface area contributed by atoms with Crippen molar-refractivity contribution >= 4 is 16.6 Å². The predicted molar refractivity (Wildman–Crippen MR) is 74.8 cm³/mol. The predicted octanol–water partition coefficient (Wildman–Crippen LogP) is 2.48. The van der Waals surface area contributed by atoms with E-state index in [1.54, 1.807) is 18.3 Å². The summed E-state index contributed by atoms with van der Waals surface area (Å²) in [5, 5.41) is 13.9. The summed E-state index contributed by atoms with van der Waals surface area (Å²) in [7, 11) is 0. The first-order valence-corrected chi connectivity index (χ1v) is 6.33. The van der Waals surface area contributed by atoms with Crippen LogP contribution in [0.25, 0.3) is 10.9 Å². The number of pyridine rings is 1. The van der Waals surface area contributed by atoms with E-state index in [0.29, 0.717) is 0 Å². The molecule has 0 radical (unpaired) electrons. The van der Waals surface area contributed by atoms with Gasteiger partial charge in [-0.05, 0) is 31.5 Å². The Labute approximate surface area is 107 Å². The van der Waals surface area contributed by atoms with Crippen molar-refractivity contribution in [3.05, 3.63) is 30.5 Å². The van der Waals surface area contributed by atoms with Crippen LogP contribution in [0.2, 0.25) is 0 Å². The number of phenolic OH excluding ortho intramolecular Hbond substituents is 1. The number of anilines is 1. The van der Waals surface area contributed by atoms with Gasteiger partial charge in [-0.15, -0.1) is 0 Å². The van der Waals surface area contributed by atoms with E-state index in [2.05, 4.69) is 10.3 Å². The average Bonchev–Trinajstić information content (AvgIpc) is 2.38. The minimum Gasteiger partial charge on any atom is -0.508 e. The number of fused-ring (bicyclic) bond motifs is 1. The second-order valence-corrected chi connectivity index (χ2v) is 4.34. The maximum absolute atomic E-state index is 9.67. The monoisotopic (exact) mass is 245 g/mol. The van der Waals surface area contributed by atoms with Crippen molar-refractivity contribution < 1.29 is 5.11 Å². The maximum Gasteiger partial charge on any atom is 0.118 e. The minimum absolute atomic E-state index is 0.264. The van der Waals surface area contributed by atoms with Crippen LogP contribution < -0.4 is 11.1 Å². The fraction of sp³-hybridized carbons (Fsp3) is 0.357. The van der Waals surface area contributed by atoms with Crippen molar-refractivity contribution in [1.29, 1.82) is 0 Å². The molecular weight excluding hydrogens is 226 g/mol. The Morgan fingerprint density at radius 1 is 1.22 bits per heavy atom. The molecule has 4 N–H and O–H groups in total. The number of nitrogens with one attached hydrogen (secondary N) is 1. The zero-order chi connectivity index (χ0) is 12.8. The van der Waals surface area contributed by atoms with Crippen LogP contribution in [-0.2, 0) is 0 Å². The number of aromatic hydroxyl groups is 1. The molecule has 0 unspecified atom stereocenters. The molecule has 0 saturated carbocycles. The molecule has 1 aromatic heterocycles. The van der Waals surface area contributed by atoms with E-state index in [1.807, 2.05) is 12.1 Å². The fourth-order valence-corrected chi connectivity index (χ4v) is 1.98. The van der Waals surface area contributed by atoms with E-state index >= 15 is 0 Å². The second kappa shape index (κ2) is 6.21. The molecule has 2 rings (SSSR count). The number of aromatic nitrogens is 1. The van der Waals surface area contributed by atoms with Crippen LogP contribution in [0.3, 0.4) is 0 Å². The fourth-order valence-electron chi connectivity index (χ4n) is 1.98. The molecule has 0 atom stereocenters. The highest BCUT2D eigenvalue weighted by molar-refractivity contribution is 5.91. The average molecular weight is 245 g/mol. The van der Waals surface area contributed by atoms with Gasteiger partial charge in [-0.3, -0.25) is 4.98 Å². The number of phenols is 1. The number of nitrogens with zero attached hydrogens (tertiary/aromatic N) is 1. The summed E-state index contributed by atoms with van der Waals surface area (Å²) in [4.78, 5) is 4.34.